The lowest BCUT2D eigenvalue weighted by atomic mass is 9.81. The van der Waals surface area contributed by atoms with Crippen molar-refractivity contribution in [2.45, 2.75) is 53.5 Å². The van der Waals surface area contributed by atoms with Crippen molar-refractivity contribution in [3.05, 3.63) is 0 Å². The zero-order chi connectivity index (χ0) is 12.2. The molecule has 0 spiro atoms. The van der Waals surface area contributed by atoms with Gasteiger partial charge >= 0.3 is 0 Å². The van der Waals surface area contributed by atoms with Crippen LogP contribution in [0, 0.1) is 11.3 Å². The van der Waals surface area contributed by atoms with E-state index in [4.69, 9.17) is 0 Å². The minimum Gasteiger partial charge on any atom is -0.311 e. The summed E-state index contributed by atoms with van der Waals surface area (Å²) >= 11 is 0. The van der Waals surface area contributed by atoms with Crippen molar-refractivity contribution in [3.8, 4) is 0 Å². The SMILES string of the molecule is CCCC1CN(CC(C)C(C)(C)C)CCN1. The number of hydrogen-bond donors (Lipinski definition) is 1. The summed E-state index contributed by atoms with van der Waals surface area (Å²) in [5.41, 5.74) is 0.436. The van der Waals surface area contributed by atoms with Gasteiger partial charge in [0.25, 0.3) is 0 Å². The molecule has 16 heavy (non-hydrogen) atoms. The fourth-order valence-corrected chi connectivity index (χ4v) is 2.26. The molecule has 0 aromatic heterocycles. The maximum atomic E-state index is 3.62. The summed E-state index contributed by atoms with van der Waals surface area (Å²) < 4.78 is 0. The molecule has 96 valence electrons. The van der Waals surface area contributed by atoms with Gasteiger partial charge in [-0.25, -0.2) is 0 Å². The van der Waals surface area contributed by atoms with Gasteiger partial charge in [0.15, 0.2) is 0 Å². The number of rotatable bonds is 4. The fourth-order valence-electron chi connectivity index (χ4n) is 2.26. The van der Waals surface area contributed by atoms with E-state index in [0.29, 0.717) is 5.41 Å². The highest BCUT2D eigenvalue weighted by Gasteiger charge is 2.25. The maximum Gasteiger partial charge on any atom is 0.0195 e. The summed E-state index contributed by atoms with van der Waals surface area (Å²) in [7, 11) is 0. The van der Waals surface area contributed by atoms with Gasteiger partial charge in [0, 0.05) is 32.2 Å². The van der Waals surface area contributed by atoms with Crippen molar-refractivity contribution in [3.63, 3.8) is 0 Å². The van der Waals surface area contributed by atoms with Crippen LogP contribution in [0.4, 0.5) is 0 Å². The first kappa shape index (κ1) is 14.0. The second kappa shape index (κ2) is 6.02. The highest BCUT2D eigenvalue weighted by molar-refractivity contribution is 4.81. The molecule has 2 unspecified atom stereocenters. The standard InChI is InChI=1S/C14H30N2/c1-6-7-13-11-16(9-8-15-13)10-12(2)14(3,4)5/h12-13,15H,6-11H2,1-5H3. The summed E-state index contributed by atoms with van der Waals surface area (Å²) in [6.45, 7) is 16.6. The van der Waals surface area contributed by atoms with Crippen LogP contribution in [0.2, 0.25) is 0 Å². The Morgan fingerprint density at radius 2 is 2.06 bits per heavy atom. The number of nitrogens with zero attached hydrogens (tertiary/aromatic N) is 1. The van der Waals surface area contributed by atoms with Gasteiger partial charge in [-0.2, -0.15) is 0 Å². The van der Waals surface area contributed by atoms with Gasteiger partial charge < -0.3 is 10.2 Å². The molecule has 0 saturated carbocycles. The lowest BCUT2D eigenvalue weighted by Gasteiger charge is -2.38. The minimum atomic E-state index is 0.436. The van der Waals surface area contributed by atoms with Crippen molar-refractivity contribution in [1.29, 1.82) is 0 Å². The zero-order valence-electron chi connectivity index (χ0n) is 11.8. The Bertz CT molecular complexity index is 193. The molecule has 0 aromatic carbocycles. The van der Waals surface area contributed by atoms with Crippen molar-refractivity contribution < 1.29 is 0 Å². The molecule has 0 radical (unpaired) electrons. The van der Waals surface area contributed by atoms with E-state index in [2.05, 4.69) is 44.8 Å². The van der Waals surface area contributed by atoms with E-state index >= 15 is 0 Å². The highest BCUT2D eigenvalue weighted by atomic mass is 15.2. The van der Waals surface area contributed by atoms with Crippen LogP contribution in [0.5, 0.6) is 0 Å². The quantitative estimate of drug-likeness (QED) is 0.793. The number of piperazine rings is 1. The molecular weight excluding hydrogens is 196 g/mol. The van der Waals surface area contributed by atoms with Crippen LogP contribution in [0.1, 0.15) is 47.5 Å². The first-order chi connectivity index (χ1) is 7.43. The molecule has 0 amide bonds. The van der Waals surface area contributed by atoms with E-state index in [-0.39, 0.29) is 0 Å². The van der Waals surface area contributed by atoms with E-state index < -0.39 is 0 Å². The Labute approximate surface area is 102 Å². The fraction of sp³-hybridized carbons (Fsp3) is 1.00. The van der Waals surface area contributed by atoms with Crippen molar-refractivity contribution in [2.24, 2.45) is 11.3 Å². The average Bonchev–Trinajstić information content (AvgIpc) is 2.17. The monoisotopic (exact) mass is 226 g/mol. The largest absolute Gasteiger partial charge is 0.311 e. The van der Waals surface area contributed by atoms with Crippen molar-refractivity contribution in [1.82, 2.24) is 10.2 Å². The predicted molar refractivity (Wildman–Crippen MR) is 71.8 cm³/mol. The van der Waals surface area contributed by atoms with Crippen LogP contribution < -0.4 is 5.32 Å². The van der Waals surface area contributed by atoms with Crippen molar-refractivity contribution >= 4 is 0 Å². The molecule has 2 atom stereocenters. The molecule has 1 aliphatic rings. The Morgan fingerprint density at radius 3 is 2.62 bits per heavy atom. The van der Waals surface area contributed by atoms with E-state index in [0.717, 1.165) is 12.0 Å². The Hall–Kier alpha value is -0.0800. The summed E-state index contributed by atoms with van der Waals surface area (Å²) in [6, 6.07) is 0.728. The second-order valence-electron chi connectivity index (χ2n) is 6.47. The molecule has 0 aliphatic carbocycles. The topological polar surface area (TPSA) is 15.3 Å². The normalized spacial score (nSPS) is 25.7. The van der Waals surface area contributed by atoms with Gasteiger partial charge in [-0.3, -0.25) is 0 Å². The van der Waals surface area contributed by atoms with E-state index in [1.165, 1.54) is 39.0 Å². The smallest absolute Gasteiger partial charge is 0.0195 e. The molecule has 1 N–H and O–H groups in total. The molecule has 2 heteroatoms. The molecule has 0 aromatic rings. The van der Waals surface area contributed by atoms with Crippen LogP contribution in [0.15, 0.2) is 0 Å². The predicted octanol–water partition coefficient (Wildman–Crippen LogP) is 2.74. The third-order valence-electron chi connectivity index (χ3n) is 3.99. The van der Waals surface area contributed by atoms with Crippen LogP contribution in [-0.2, 0) is 0 Å². The lowest BCUT2D eigenvalue weighted by Crippen LogP contribution is -2.52. The van der Waals surface area contributed by atoms with E-state index in [9.17, 15) is 0 Å². The third kappa shape index (κ3) is 4.42. The second-order valence-corrected chi connectivity index (χ2v) is 6.47. The summed E-state index contributed by atoms with van der Waals surface area (Å²) in [5.74, 6) is 0.771. The Balaban J connectivity index is 2.37. The van der Waals surface area contributed by atoms with Gasteiger partial charge in [-0.05, 0) is 17.8 Å². The molecule has 1 aliphatic heterocycles. The van der Waals surface area contributed by atoms with E-state index in [1.807, 2.05) is 0 Å². The third-order valence-corrected chi connectivity index (χ3v) is 3.99. The highest BCUT2D eigenvalue weighted by Crippen LogP contribution is 2.26. The molecule has 0 bridgehead atoms. The summed E-state index contributed by atoms with van der Waals surface area (Å²) in [4.78, 5) is 2.65. The Morgan fingerprint density at radius 1 is 1.38 bits per heavy atom. The van der Waals surface area contributed by atoms with Crippen LogP contribution >= 0.6 is 0 Å². The first-order valence-electron chi connectivity index (χ1n) is 6.89. The molecule has 1 heterocycles. The summed E-state index contributed by atoms with van der Waals surface area (Å²) in [5, 5.41) is 3.62. The Kier molecular flexibility index (Phi) is 5.26. The molecule has 2 nitrogen and oxygen atoms in total. The molecule has 1 fully saturated rings. The van der Waals surface area contributed by atoms with Crippen LogP contribution in [-0.4, -0.2) is 37.1 Å². The van der Waals surface area contributed by atoms with Crippen LogP contribution in [0.25, 0.3) is 0 Å². The zero-order valence-corrected chi connectivity index (χ0v) is 11.8. The van der Waals surface area contributed by atoms with Crippen molar-refractivity contribution in [2.75, 3.05) is 26.2 Å². The summed E-state index contributed by atoms with van der Waals surface area (Å²) in [6.07, 6.45) is 2.61. The van der Waals surface area contributed by atoms with E-state index in [1.54, 1.807) is 0 Å². The number of hydrogen-bond acceptors (Lipinski definition) is 2. The van der Waals surface area contributed by atoms with Gasteiger partial charge in [0.2, 0.25) is 0 Å². The first-order valence-corrected chi connectivity index (χ1v) is 6.89. The van der Waals surface area contributed by atoms with Gasteiger partial charge in [0.1, 0.15) is 0 Å². The average molecular weight is 226 g/mol. The van der Waals surface area contributed by atoms with Crippen LogP contribution in [0.3, 0.4) is 0 Å². The van der Waals surface area contributed by atoms with Gasteiger partial charge in [0.05, 0.1) is 0 Å². The van der Waals surface area contributed by atoms with Gasteiger partial charge in [-0.15, -0.1) is 0 Å². The molecule has 1 saturated heterocycles. The number of nitrogens with one attached hydrogen (secondary N) is 1. The maximum absolute atomic E-state index is 3.62. The molecule has 1 rings (SSSR count). The van der Waals surface area contributed by atoms with Gasteiger partial charge in [-0.1, -0.05) is 41.0 Å². The molecular formula is C14H30N2. The minimum absolute atomic E-state index is 0.436. The lowest BCUT2D eigenvalue weighted by molar-refractivity contribution is 0.128.